The van der Waals surface area contributed by atoms with Crippen LogP contribution in [-0.4, -0.2) is 72.6 Å². The molecule has 1 saturated carbocycles. The van der Waals surface area contributed by atoms with E-state index in [0.717, 1.165) is 24.0 Å². The molecule has 2 aliphatic heterocycles. The number of carboxylic acids is 1. The summed E-state index contributed by atoms with van der Waals surface area (Å²) in [5.41, 5.74) is 10.1. The van der Waals surface area contributed by atoms with Crippen LogP contribution in [0.25, 0.3) is 11.2 Å². The highest BCUT2D eigenvalue weighted by molar-refractivity contribution is 5.98. The maximum atomic E-state index is 11.8. The van der Waals surface area contributed by atoms with E-state index in [4.69, 9.17) is 30.2 Å². The number of aliphatic carboxylic acids is 1. The number of aliphatic hydroxyl groups is 1. The highest BCUT2D eigenvalue weighted by Crippen LogP contribution is 2.42. The van der Waals surface area contributed by atoms with Gasteiger partial charge in [0.1, 0.15) is 29.8 Å². The van der Waals surface area contributed by atoms with Crippen LogP contribution in [0.5, 0.6) is 11.5 Å². The largest absolute Gasteiger partial charge is 0.507 e. The lowest BCUT2D eigenvalue weighted by molar-refractivity contribution is -0.136. The number of nitrogens with zero attached hydrogens (tertiary/aromatic N) is 4. The Labute approximate surface area is 253 Å². The molecule has 14 nitrogen and oxygen atoms in total. The molecule has 6 N–H and O–H groups in total. The van der Waals surface area contributed by atoms with Crippen LogP contribution >= 0.6 is 0 Å². The predicted molar refractivity (Wildman–Crippen MR) is 159 cm³/mol. The number of anilines is 2. The van der Waals surface area contributed by atoms with Crippen LogP contribution in [0.2, 0.25) is 0 Å². The minimum absolute atomic E-state index is 0.0504. The zero-order chi connectivity index (χ0) is 31.5. The van der Waals surface area contributed by atoms with Crippen molar-refractivity contribution in [2.75, 3.05) is 24.8 Å². The van der Waals surface area contributed by atoms with E-state index < -0.39 is 11.9 Å². The van der Waals surface area contributed by atoms with Crippen LogP contribution in [0.4, 0.5) is 11.8 Å². The number of phenolic OH excluding ortho intramolecular Hbond substituents is 1. The second-order valence-corrected chi connectivity index (χ2v) is 10.9. The van der Waals surface area contributed by atoms with Crippen LogP contribution < -0.4 is 15.8 Å². The third-order valence-corrected chi connectivity index (χ3v) is 7.65. The summed E-state index contributed by atoms with van der Waals surface area (Å²) in [6, 6.07) is 0.453. The topological polar surface area (TPSA) is 204 Å². The molecule has 6 rings (SSSR count). The van der Waals surface area contributed by atoms with E-state index in [0.29, 0.717) is 52.7 Å². The van der Waals surface area contributed by atoms with Gasteiger partial charge in [-0.25, -0.2) is 9.78 Å². The average Bonchev–Trinajstić information content (AvgIpc) is 3.34. The zero-order valence-electron chi connectivity index (χ0n) is 24.7. The number of carbonyl (C=O) groups is 2. The molecule has 0 amide bonds. The van der Waals surface area contributed by atoms with Crippen molar-refractivity contribution in [2.45, 2.75) is 70.9 Å². The van der Waals surface area contributed by atoms with Crippen LogP contribution in [0, 0.1) is 6.92 Å². The number of hydrogen-bond donors (Lipinski definition) is 5. The molecule has 3 aromatic rings. The predicted octanol–water partition coefficient (Wildman–Crippen LogP) is 3.16. The van der Waals surface area contributed by atoms with Crippen LogP contribution in [0.3, 0.4) is 0 Å². The summed E-state index contributed by atoms with van der Waals surface area (Å²) in [7, 11) is 1.51. The number of nitrogens with two attached hydrogens (primary N) is 1. The number of fused-ring (bicyclic) bond motifs is 2. The van der Waals surface area contributed by atoms with Crippen molar-refractivity contribution in [1.82, 2.24) is 19.5 Å². The summed E-state index contributed by atoms with van der Waals surface area (Å²) in [5.74, 6) is -0.105. The van der Waals surface area contributed by atoms with Crippen LogP contribution in [-0.2, 0) is 27.3 Å². The molecule has 0 bridgehead atoms. The van der Waals surface area contributed by atoms with Crippen molar-refractivity contribution in [3.63, 3.8) is 0 Å². The van der Waals surface area contributed by atoms with Gasteiger partial charge >= 0.3 is 11.9 Å². The number of aliphatic hydroxyl groups excluding tert-OH is 1. The first-order valence-corrected chi connectivity index (χ1v) is 14.3. The van der Waals surface area contributed by atoms with Crippen molar-refractivity contribution in [3.05, 3.63) is 52.4 Å². The molecule has 0 spiro atoms. The number of carboxylic acid groups (broad SMARTS) is 1. The van der Waals surface area contributed by atoms with Gasteiger partial charge in [0.25, 0.3) is 0 Å². The van der Waals surface area contributed by atoms with Gasteiger partial charge in [0.15, 0.2) is 23.2 Å². The Morgan fingerprint density at radius 3 is 2.70 bits per heavy atom. The summed E-state index contributed by atoms with van der Waals surface area (Å²) in [6.07, 6.45) is 9.67. The second-order valence-electron chi connectivity index (χ2n) is 10.9. The molecule has 1 aromatic carbocycles. The van der Waals surface area contributed by atoms with E-state index in [-0.39, 0.29) is 49.2 Å². The van der Waals surface area contributed by atoms with Crippen molar-refractivity contribution >= 4 is 34.9 Å². The van der Waals surface area contributed by atoms with Gasteiger partial charge in [-0.15, -0.1) is 0 Å². The second kappa shape index (κ2) is 12.9. The fraction of sp³-hybridized carbons (Fsp3) is 0.433. The fourth-order valence-corrected chi connectivity index (χ4v) is 5.10. The van der Waals surface area contributed by atoms with Gasteiger partial charge in [0.05, 0.1) is 20.0 Å². The minimum Gasteiger partial charge on any atom is -0.507 e. The highest BCUT2D eigenvalue weighted by Gasteiger charge is 2.32. The molecule has 2 atom stereocenters. The number of aromatic hydroxyl groups is 1. The molecule has 234 valence electrons. The molecule has 1 aliphatic carbocycles. The van der Waals surface area contributed by atoms with Crippen molar-refractivity contribution < 1.29 is 39.1 Å². The van der Waals surface area contributed by atoms with Gasteiger partial charge in [-0.2, -0.15) is 9.97 Å². The maximum Gasteiger partial charge on any atom is 0.342 e. The third-order valence-electron chi connectivity index (χ3n) is 7.65. The lowest BCUT2D eigenvalue weighted by Crippen LogP contribution is -2.15. The lowest BCUT2D eigenvalue weighted by atomic mass is 9.94. The summed E-state index contributed by atoms with van der Waals surface area (Å²) < 4.78 is 17.9. The Balaban J connectivity index is 0.000000175. The van der Waals surface area contributed by atoms with Gasteiger partial charge in [0, 0.05) is 23.6 Å². The van der Waals surface area contributed by atoms with Gasteiger partial charge in [-0.05, 0) is 51.2 Å². The Morgan fingerprint density at radius 2 is 2.05 bits per heavy atom. The molecular weight excluding hydrogens is 572 g/mol. The number of carbonyl (C=O) groups excluding carboxylic acids is 1. The van der Waals surface area contributed by atoms with E-state index in [1.165, 1.54) is 7.11 Å². The zero-order valence-corrected chi connectivity index (χ0v) is 24.7. The molecule has 1 fully saturated rings. The number of phenols is 1. The van der Waals surface area contributed by atoms with E-state index in [2.05, 4.69) is 20.3 Å². The number of aromatic nitrogens is 4. The van der Waals surface area contributed by atoms with Crippen molar-refractivity contribution in [3.8, 4) is 11.5 Å². The molecule has 14 heteroatoms. The SMILES string of the molecule is COc1c(C)c2c(c(O)c1C/C=C(\C)CCC(=O)O)C(=O)OC2.Nc1nc(NC2CC2)c2ncn([C@H]3C=C[C@@H](CO)O3)c2n1. The molecule has 3 aliphatic rings. The number of nitrogen functional groups attached to an aromatic ring is 1. The van der Waals surface area contributed by atoms with Crippen molar-refractivity contribution in [1.29, 1.82) is 0 Å². The highest BCUT2D eigenvalue weighted by atomic mass is 16.5. The first-order chi connectivity index (χ1) is 21.1. The van der Waals surface area contributed by atoms with E-state index in [9.17, 15) is 14.7 Å². The molecule has 0 saturated heterocycles. The number of esters is 1. The number of methoxy groups -OCH3 is 1. The van der Waals surface area contributed by atoms with Gasteiger partial charge in [0.2, 0.25) is 5.95 Å². The summed E-state index contributed by atoms with van der Waals surface area (Å²) in [6.45, 7) is 3.74. The number of imidazole rings is 1. The first kappa shape index (κ1) is 30.8. The number of ether oxygens (including phenoxy) is 3. The number of nitrogens with one attached hydrogen (secondary N) is 1. The number of hydrogen-bond acceptors (Lipinski definition) is 12. The van der Waals surface area contributed by atoms with Gasteiger partial charge in [-0.1, -0.05) is 17.7 Å². The van der Waals surface area contributed by atoms with E-state index >= 15 is 0 Å². The smallest absolute Gasteiger partial charge is 0.342 e. The molecule has 4 heterocycles. The first-order valence-electron chi connectivity index (χ1n) is 14.3. The molecule has 44 heavy (non-hydrogen) atoms. The third kappa shape index (κ3) is 6.45. The van der Waals surface area contributed by atoms with Gasteiger partial charge < -0.3 is 40.6 Å². The van der Waals surface area contributed by atoms with Crippen LogP contribution in [0.1, 0.15) is 65.9 Å². The lowest BCUT2D eigenvalue weighted by Gasteiger charge is -2.15. The van der Waals surface area contributed by atoms with Crippen LogP contribution in [0.15, 0.2) is 30.1 Å². The number of rotatable bonds is 10. The summed E-state index contributed by atoms with van der Waals surface area (Å²) >= 11 is 0. The Kier molecular flexibility index (Phi) is 9.01. The fourth-order valence-electron chi connectivity index (χ4n) is 5.10. The monoisotopic (exact) mass is 608 g/mol. The summed E-state index contributed by atoms with van der Waals surface area (Å²) in [5, 5.41) is 31.6. The number of benzene rings is 1. The Morgan fingerprint density at radius 1 is 1.27 bits per heavy atom. The van der Waals surface area contributed by atoms with Crippen molar-refractivity contribution in [2.24, 2.45) is 0 Å². The summed E-state index contributed by atoms with van der Waals surface area (Å²) in [4.78, 5) is 35.3. The van der Waals surface area contributed by atoms with E-state index in [1.54, 1.807) is 10.9 Å². The quantitative estimate of drug-likeness (QED) is 0.166. The normalized spacial score (nSPS) is 19.0. The Bertz CT molecular complexity index is 1640. The minimum atomic E-state index is -0.853. The maximum absolute atomic E-state index is 11.8. The molecular formula is C30H36N6O8. The molecule has 0 radical (unpaired) electrons. The van der Waals surface area contributed by atoms with E-state index in [1.807, 2.05) is 32.1 Å². The average molecular weight is 609 g/mol. The van der Waals surface area contributed by atoms with Gasteiger partial charge in [-0.3, -0.25) is 9.36 Å². The standard InChI is InChI=1S/C17H20O6.C13H16N6O2/c1-9(5-7-13(18)19)4-6-11-15(20)14-12(8-23-17(14)21)10(2)16(11)22-3;14-13-17-11(16-7-1-2-7)10-12(18-13)19(6-15-10)9-4-3-8(5-20)21-9/h4,20H,5-8H2,1-3H3,(H,18,19);3-4,6-9,20H,1-2,5H2,(H3,14,16,17,18)/b9-4+;/t;8-,9+/m.0/s1. The Hall–Kier alpha value is -4.69. The number of allylic oxidation sites excluding steroid dienone is 2. The molecule has 0 unspecified atom stereocenters. The molecule has 2 aromatic heterocycles. The number of cyclic esters (lactones) is 1.